The predicted octanol–water partition coefficient (Wildman–Crippen LogP) is 6.01. The van der Waals surface area contributed by atoms with Crippen LogP contribution in [0.25, 0.3) is 11.3 Å². The standard InChI is InChI=1S/C28H25BrFN3O6/c1-15-25(26(33-39-15)20-9-8-17(29)12-21(20)30)28(35)32-18-7-5-6-16(10-18)11-24(34)31-19-13-22(36-2)27(38-4)23(14-19)37-3/h5-10,12-14H,11H2,1-4H3,(H,31,34)(H,32,35). The number of aryl methyl sites for hydroxylation is 1. The summed E-state index contributed by atoms with van der Waals surface area (Å²) in [7, 11) is 4.47. The number of amides is 2. The van der Waals surface area contributed by atoms with E-state index >= 15 is 0 Å². The number of nitrogens with one attached hydrogen (secondary N) is 2. The Bertz CT molecular complexity index is 1510. The molecule has 0 saturated carbocycles. The van der Waals surface area contributed by atoms with E-state index in [1.165, 1.54) is 33.5 Å². The number of methoxy groups -OCH3 is 3. The molecule has 0 unspecified atom stereocenters. The van der Waals surface area contributed by atoms with Gasteiger partial charge in [-0.3, -0.25) is 9.59 Å². The fraction of sp³-hybridized carbons (Fsp3) is 0.179. The molecule has 1 heterocycles. The summed E-state index contributed by atoms with van der Waals surface area (Å²) in [6, 6.07) is 14.5. The first-order valence-electron chi connectivity index (χ1n) is 11.7. The summed E-state index contributed by atoms with van der Waals surface area (Å²) in [5.41, 5.74) is 1.91. The Morgan fingerprint density at radius 2 is 1.67 bits per heavy atom. The quantitative estimate of drug-likeness (QED) is 0.243. The van der Waals surface area contributed by atoms with Crippen molar-refractivity contribution < 1.29 is 32.7 Å². The summed E-state index contributed by atoms with van der Waals surface area (Å²) in [6.45, 7) is 1.58. The highest BCUT2D eigenvalue weighted by Crippen LogP contribution is 2.40. The van der Waals surface area contributed by atoms with Gasteiger partial charge in [-0.25, -0.2) is 4.39 Å². The highest BCUT2D eigenvalue weighted by atomic mass is 79.9. The fourth-order valence-electron chi connectivity index (χ4n) is 4.00. The molecule has 2 N–H and O–H groups in total. The highest BCUT2D eigenvalue weighted by molar-refractivity contribution is 9.10. The maximum atomic E-state index is 14.6. The normalized spacial score (nSPS) is 10.6. The van der Waals surface area contributed by atoms with E-state index in [0.717, 1.165) is 0 Å². The van der Waals surface area contributed by atoms with Crippen LogP contribution in [0, 0.1) is 12.7 Å². The summed E-state index contributed by atoms with van der Waals surface area (Å²) in [6.07, 6.45) is 0.0298. The zero-order valence-corrected chi connectivity index (χ0v) is 23.1. The minimum Gasteiger partial charge on any atom is -0.493 e. The van der Waals surface area contributed by atoms with Gasteiger partial charge in [-0.15, -0.1) is 0 Å². The number of anilines is 2. The van der Waals surface area contributed by atoms with Crippen LogP contribution in [0.1, 0.15) is 21.7 Å². The van der Waals surface area contributed by atoms with Crippen LogP contribution in [0.15, 0.2) is 63.6 Å². The van der Waals surface area contributed by atoms with Crippen molar-refractivity contribution in [2.45, 2.75) is 13.3 Å². The van der Waals surface area contributed by atoms with E-state index in [1.807, 2.05) is 0 Å². The molecule has 2 amide bonds. The average molecular weight is 598 g/mol. The van der Waals surface area contributed by atoms with Gasteiger partial charge in [0, 0.05) is 33.5 Å². The summed E-state index contributed by atoms with van der Waals surface area (Å²) in [4.78, 5) is 25.9. The lowest BCUT2D eigenvalue weighted by Crippen LogP contribution is -2.16. The van der Waals surface area contributed by atoms with Crippen molar-refractivity contribution in [2.75, 3.05) is 32.0 Å². The molecule has 9 nitrogen and oxygen atoms in total. The summed E-state index contributed by atoms with van der Waals surface area (Å²) in [5, 5.41) is 9.50. The molecule has 0 aliphatic carbocycles. The largest absolute Gasteiger partial charge is 0.493 e. The molecule has 0 atom stereocenters. The molecule has 3 aromatic carbocycles. The third kappa shape index (κ3) is 6.20. The Labute approximate surface area is 232 Å². The number of ether oxygens (including phenoxy) is 3. The number of hydrogen-bond acceptors (Lipinski definition) is 7. The van der Waals surface area contributed by atoms with Crippen LogP contribution >= 0.6 is 15.9 Å². The van der Waals surface area contributed by atoms with Crippen LogP contribution in [0.4, 0.5) is 15.8 Å². The monoisotopic (exact) mass is 597 g/mol. The van der Waals surface area contributed by atoms with Gasteiger partial charge < -0.3 is 29.4 Å². The van der Waals surface area contributed by atoms with Crippen LogP contribution in [0.3, 0.4) is 0 Å². The molecule has 202 valence electrons. The number of halogens is 2. The second-order valence-corrected chi connectivity index (χ2v) is 9.30. The number of rotatable bonds is 9. The van der Waals surface area contributed by atoms with E-state index in [-0.39, 0.29) is 34.9 Å². The topological polar surface area (TPSA) is 112 Å². The molecule has 0 aliphatic heterocycles. The third-order valence-corrected chi connectivity index (χ3v) is 6.27. The molecule has 0 aliphatic rings. The first-order valence-corrected chi connectivity index (χ1v) is 12.4. The second-order valence-electron chi connectivity index (χ2n) is 8.38. The van der Waals surface area contributed by atoms with Gasteiger partial charge in [-0.2, -0.15) is 0 Å². The fourth-order valence-corrected chi connectivity index (χ4v) is 4.33. The van der Waals surface area contributed by atoms with Gasteiger partial charge in [0.25, 0.3) is 5.91 Å². The van der Waals surface area contributed by atoms with Crippen LogP contribution in [-0.2, 0) is 11.2 Å². The number of carbonyl (C=O) groups is 2. The molecule has 1 aromatic heterocycles. The van der Waals surface area contributed by atoms with Crippen molar-refractivity contribution in [1.29, 1.82) is 0 Å². The molecular formula is C28H25BrFN3O6. The lowest BCUT2D eigenvalue weighted by Gasteiger charge is -2.14. The van der Waals surface area contributed by atoms with Crippen molar-refractivity contribution in [3.8, 4) is 28.5 Å². The maximum absolute atomic E-state index is 14.6. The predicted molar refractivity (Wildman–Crippen MR) is 147 cm³/mol. The van der Waals surface area contributed by atoms with Crippen molar-refractivity contribution in [3.05, 3.63) is 81.8 Å². The summed E-state index contributed by atoms with van der Waals surface area (Å²) >= 11 is 3.22. The second kappa shape index (κ2) is 12.0. The molecule has 11 heteroatoms. The number of hydrogen-bond donors (Lipinski definition) is 2. The van der Waals surface area contributed by atoms with Crippen molar-refractivity contribution >= 4 is 39.1 Å². The molecule has 0 radical (unpaired) electrons. The molecular weight excluding hydrogens is 573 g/mol. The van der Waals surface area contributed by atoms with E-state index < -0.39 is 11.7 Å². The lowest BCUT2D eigenvalue weighted by molar-refractivity contribution is -0.115. The summed E-state index contributed by atoms with van der Waals surface area (Å²) in [5.74, 6) is 0.0975. The van der Waals surface area contributed by atoms with Gasteiger partial charge in [0.2, 0.25) is 11.7 Å². The number of benzene rings is 3. The van der Waals surface area contributed by atoms with Gasteiger partial charge in [0.05, 0.1) is 27.8 Å². The Hall–Kier alpha value is -4.38. The van der Waals surface area contributed by atoms with Gasteiger partial charge in [-0.1, -0.05) is 33.2 Å². The zero-order chi connectivity index (χ0) is 28.1. The van der Waals surface area contributed by atoms with Crippen LogP contribution < -0.4 is 24.8 Å². The number of carbonyl (C=O) groups excluding carboxylic acids is 2. The van der Waals surface area contributed by atoms with E-state index in [2.05, 4.69) is 31.7 Å². The Morgan fingerprint density at radius 3 is 2.31 bits per heavy atom. The SMILES string of the molecule is COc1cc(NC(=O)Cc2cccc(NC(=O)c3c(-c4ccc(Br)cc4F)noc3C)c2)cc(OC)c1OC. The van der Waals surface area contributed by atoms with Gasteiger partial charge in [-0.05, 0) is 42.8 Å². The first-order chi connectivity index (χ1) is 18.7. The van der Waals surface area contributed by atoms with Gasteiger partial charge in [0.1, 0.15) is 22.8 Å². The molecule has 4 rings (SSSR count). The maximum Gasteiger partial charge on any atom is 0.261 e. The average Bonchev–Trinajstić information content (AvgIpc) is 3.29. The van der Waals surface area contributed by atoms with Crippen LogP contribution in [0.5, 0.6) is 17.2 Å². The molecule has 0 spiro atoms. The third-order valence-electron chi connectivity index (χ3n) is 5.77. The Kier molecular flexibility index (Phi) is 8.50. The molecule has 4 aromatic rings. The molecule has 0 fully saturated rings. The van der Waals surface area contributed by atoms with E-state index in [0.29, 0.717) is 38.7 Å². The number of aromatic nitrogens is 1. The molecule has 39 heavy (non-hydrogen) atoms. The lowest BCUT2D eigenvalue weighted by atomic mass is 10.0. The number of nitrogens with zero attached hydrogens (tertiary/aromatic N) is 1. The Morgan fingerprint density at radius 1 is 0.949 bits per heavy atom. The molecule has 0 bridgehead atoms. The van der Waals surface area contributed by atoms with Crippen molar-refractivity contribution in [1.82, 2.24) is 5.16 Å². The highest BCUT2D eigenvalue weighted by Gasteiger charge is 2.24. The zero-order valence-electron chi connectivity index (χ0n) is 21.6. The summed E-state index contributed by atoms with van der Waals surface area (Å²) < 4.78 is 36.3. The van der Waals surface area contributed by atoms with Gasteiger partial charge in [0.15, 0.2) is 11.5 Å². The van der Waals surface area contributed by atoms with Crippen molar-refractivity contribution in [3.63, 3.8) is 0 Å². The van der Waals surface area contributed by atoms with Crippen LogP contribution in [0.2, 0.25) is 0 Å². The Balaban J connectivity index is 1.49. The van der Waals surface area contributed by atoms with Crippen molar-refractivity contribution in [2.24, 2.45) is 0 Å². The smallest absolute Gasteiger partial charge is 0.261 e. The van der Waals surface area contributed by atoms with Crippen LogP contribution in [-0.4, -0.2) is 38.3 Å². The van der Waals surface area contributed by atoms with E-state index in [1.54, 1.807) is 49.4 Å². The van der Waals surface area contributed by atoms with E-state index in [4.69, 9.17) is 18.7 Å². The van der Waals surface area contributed by atoms with E-state index in [9.17, 15) is 14.0 Å². The first kappa shape index (κ1) is 27.6. The van der Waals surface area contributed by atoms with Gasteiger partial charge >= 0.3 is 0 Å². The minimum atomic E-state index is -0.549. The minimum absolute atomic E-state index is 0.0298. The molecule has 0 saturated heterocycles.